The molecule has 37 heavy (non-hydrogen) atoms. The summed E-state index contributed by atoms with van der Waals surface area (Å²) in [7, 11) is 1.91. The lowest BCUT2D eigenvalue weighted by atomic mass is 9.84. The molecule has 4 aromatic rings. The molecule has 0 aliphatic carbocycles. The number of hydrogen-bond acceptors (Lipinski definition) is 4. The number of nitrogens with zero attached hydrogens (tertiary/aromatic N) is 5. The topological polar surface area (TPSA) is 71.3 Å². The Morgan fingerprint density at radius 1 is 1.03 bits per heavy atom. The third kappa shape index (κ3) is 5.56. The Balaban J connectivity index is 1.30. The standard InChI is InChI=1S/C30H33N5O2/c1-22-7-3-4-8-24(22)20-28(33(2)29(36)21-35-16-6-15-32-35)23-12-17-34(18-13-23)30(37)26-10-11-27-25(19-26)9-5-14-31-27/h3-11,14-16,19,23,28H,12-13,17-18,20-21H2,1-2H3. The number of fused-ring (bicyclic) bond motifs is 1. The first kappa shape index (κ1) is 24.7. The number of piperidine rings is 1. The molecule has 1 saturated heterocycles. The van der Waals surface area contributed by atoms with Gasteiger partial charge in [0.05, 0.1) is 5.52 Å². The lowest BCUT2D eigenvalue weighted by Crippen LogP contribution is -2.49. The van der Waals surface area contributed by atoms with E-state index in [9.17, 15) is 9.59 Å². The van der Waals surface area contributed by atoms with Crippen molar-refractivity contribution in [2.24, 2.45) is 5.92 Å². The van der Waals surface area contributed by atoms with Gasteiger partial charge in [-0.15, -0.1) is 0 Å². The van der Waals surface area contributed by atoms with Crippen LogP contribution in [0, 0.1) is 12.8 Å². The Labute approximate surface area is 217 Å². The number of amides is 2. The third-order valence-corrected chi connectivity index (χ3v) is 7.66. The second-order valence-electron chi connectivity index (χ2n) is 9.95. The van der Waals surface area contributed by atoms with Gasteiger partial charge in [-0.05, 0) is 73.6 Å². The van der Waals surface area contributed by atoms with Gasteiger partial charge in [0.25, 0.3) is 5.91 Å². The second-order valence-corrected chi connectivity index (χ2v) is 9.95. The van der Waals surface area contributed by atoms with Gasteiger partial charge in [0.2, 0.25) is 5.91 Å². The van der Waals surface area contributed by atoms with E-state index in [0.29, 0.717) is 24.6 Å². The van der Waals surface area contributed by atoms with Gasteiger partial charge in [0.1, 0.15) is 6.54 Å². The molecule has 0 N–H and O–H groups in total. The van der Waals surface area contributed by atoms with E-state index < -0.39 is 0 Å². The van der Waals surface area contributed by atoms with Crippen molar-refractivity contribution in [3.8, 4) is 0 Å². The summed E-state index contributed by atoms with van der Waals surface area (Å²) in [5.74, 6) is 0.407. The van der Waals surface area contributed by atoms with E-state index in [4.69, 9.17) is 0 Å². The summed E-state index contributed by atoms with van der Waals surface area (Å²) in [6.07, 6.45) is 7.78. The number of hydrogen-bond donors (Lipinski definition) is 0. The highest BCUT2D eigenvalue weighted by atomic mass is 16.2. The largest absolute Gasteiger partial charge is 0.341 e. The van der Waals surface area contributed by atoms with Gasteiger partial charge in [0.15, 0.2) is 0 Å². The molecular formula is C30H33N5O2. The molecule has 1 atom stereocenters. The normalized spacial score (nSPS) is 15.0. The van der Waals surface area contributed by atoms with Crippen molar-refractivity contribution >= 4 is 22.7 Å². The molecule has 1 unspecified atom stereocenters. The smallest absolute Gasteiger partial charge is 0.253 e. The number of pyridine rings is 1. The molecular weight excluding hydrogens is 462 g/mol. The van der Waals surface area contributed by atoms with E-state index in [1.165, 1.54) is 11.1 Å². The number of aromatic nitrogens is 3. The first-order valence-corrected chi connectivity index (χ1v) is 12.9. The summed E-state index contributed by atoms with van der Waals surface area (Å²) in [5, 5.41) is 5.18. The summed E-state index contributed by atoms with van der Waals surface area (Å²) in [6.45, 7) is 3.71. The van der Waals surface area contributed by atoms with Crippen LogP contribution in [0.25, 0.3) is 10.9 Å². The molecule has 5 rings (SSSR count). The lowest BCUT2D eigenvalue weighted by molar-refractivity contribution is -0.134. The van der Waals surface area contributed by atoms with Gasteiger partial charge in [-0.2, -0.15) is 5.10 Å². The van der Waals surface area contributed by atoms with Gasteiger partial charge in [-0.1, -0.05) is 30.3 Å². The van der Waals surface area contributed by atoms with E-state index in [-0.39, 0.29) is 24.4 Å². The van der Waals surface area contributed by atoms with Crippen LogP contribution in [0.4, 0.5) is 0 Å². The zero-order chi connectivity index (χ0) is 25.8. The molecule has 1 aliphatic rings. The minimum Gasteiger partial charge on any atom is -0.341 e. The van der Waals surface area contributed by atoms with Crippen molar-refractivity contribution in [2.45, 2.75) is 38.8 Å². The Bertz CT molecular complexity index is 1380. The van der Waals surface area contributed by atoms with Crippen molar-refractivity contribution in [3.63, 3.8) is 0 Å². The number of likely N-dealkylation sites (N-methyl/N-ethyl adjacent to an activating group) is 1. The van der Waals surface area contributed by atoms with Crippen molar-refractivity contribution < 1.29 is 9.59 Å². The van der Waals surface area contributed by atoms with Crippen LogP contribution in [-0.2, 0) is 17.8 Å². The summed E-state index contributed by atoms with van der Waals surface area (Å²) in [6, 6.07) is 19.8. The predicted molar refractivity (Wildman–Crippen MR) is 144 cm³/mol. The van der Waals surface area contributed by atoms with Crippen LogP contribution < -0.4 is 0 Å². The second kappa shape index (κ2) is 10.9. The van der Waals surface area contributed by atoms with E-state index in [2.05, 4.69) is 35.2 Å². The lowest BCUT2D eigenvalue weighted by Gasteiger charge is -2.40. The van der Waals surface area contributed by atoms with Crippen LogP contribution in [-0.4, -0.2) is 62.6 Å². The van der Waals surface area contributed by atoms with Gasteiger partial charge < -0.3 is 9.80 Å². The van der Waals surface area contributed by atoms with Gasteiger partial charge in [-0.3, -0.25) is 19.3 Å². The molecule has 2 aromatic carbocycles. The van der Waals surface area contributed by atoms with Crippen molar-refractivity contribution in [1.29, 1.82) is 0 Å². The molecule has 7 heteroatoms. The van der Waals surface area contributed by atoms with E-state index in [1.54, 1.807) is 17.1 Å². The minimum absolute atomic E-state index is 0.0468. The quantitative estimate of drug-likeness (QED) is 0.382. The SMILES string of the molecule is Cc1ccccc1CC(C1CCN(C(=O)c2ccc3ncccc3c2)CC1)N(C)C(=O)Cn1cccn1. The van der Waals surface area contributed by atoms with Crippen LogP contribution in [0.15, 0.2) is 79.3 Å². The first-order chi connectivity index (χ1) is 18.0. The minimum atomic E-state index is 0.0468. The number of benzene rings is 2. The molecule has 0 saturated carbocycles. The maximum absolute atomic E-state index is 13.3. The summed E-state index contributed by atoms with van der Waals surface area (Å²) >= 11 is 0. The molecule has 1 fully saturated rings. The molecule has 2 aromatic heterocycles. The highest BCUT2D eigenvalue weighted by molar-refractivity contribution is 5.98. The van der Waals surface area contributed by atoms with Gasteiger partial charge in [0, 0.05) is 55.7 Å². The average Bonchev–Trinajstić information content (AvgIpc) is 3.45. The fourth-order valence-electron chi connectivity index (χ4n) is 5.39. The summed E-state index contributed by atoms with van der Waals surface area (Å²) in [5.41, 5.74) is 4.08. The highest BCUT2D eigenvalue weighted by Crippen LogP contribution is 2.28. The Kier molecular flexibility index (Phi) is 7.30. The predicted octanol–water partition coefficient (Wildman–Crippen LogP) is 4.36. The molecule has 0 spiro atoms. The molecule has 0 bridgehead atoms. The van der Waals surface area contributed by atoms with E-state index in [0.717, 1.165) is 30.2 Å². The summed E-state index contributed by atoms with van der Waals surface area (Å²) < 4.78 is 1.67. The maximum atomic E-state index is 13.3. The van der Waals surface area contributed by atoms with Crippen molar-refractivity contribution in [2.75, 3.05) is 20.1 Å². The molecule has 0 radical (unpaired) electrons. The van der Waals surface area contributed by atoms with Crippen molar-refractivity contribution in [1.82, 2.24) is 24.6 Å². The Hall–Kier alpha value is -4.00. The zero-order valence-corrected chi connectivity index (χ0v) is 21.5. The van der Waals surface area contributed by atoms with Crippen LogP contribution in [0.5, 0.6) is 0 Å². The monoisotopic (exact) mass is 495 g/mol. The van der Waals surface area contributed by atoms with Gasteiger partial charge in [-0.25, -0.2) is 0 Å². The average molecular weight is 496 g/mol. The number of aryl methyl sites for hydroxylation is 1. The van der Waals surface area contributed by atoms with Crippen LogP contribution in [0.2, 0.25) is 0 Å². The fourth-order valence-corrected chi connectivity index (χ4v) is 5.39. The third-order valence-electron chi connectivity index (χ3n) is 7.66. The zero-order valence-electron chi connectivity index (χ0n) is 21.5. The first-order valence-electron chi connectivity index (χ1n) is 12.9. The maximum Gasteiger partial charge on any atom is 0.253 e. The molecule has 190 valence electrons. The van der Waals surface area contributed by atoms with Crippen molar-refractivity contribution in [3.05, 3.63) is 95.9 Å². The summed E-state index contributed by atoms with van der Waals surface area (Å²) in [4.78, 5) is 34.8. The Morgan fingerprint density at radius 3 is 2.59 bits per heavy atom. The molecule has 2 amide bonds. The number of likely N-dealkylation sites (tertiary alicyclic amines) is 1. The number of carbonyl (C=O) groups is 2. The van der Waals surface area contributed by atoms with E-state index >= 15 is 0 Å². The number of rotatable bonds is 7. The Morgan fingerprint density at radius 2 is 1.84 bits per heavy atom. The van der Waals surface area contributed by atoms with E-state index in [1.807, 2.05) is 65.5 Å². The van der Waals surface area contributed by atoms with Crippen LogP contribution >= 0.6 is 0 Å². The highest BCUT2D eigenvalue weighted by Gasteiger charge is 2.33. The molecule has 3 heterocycles. The molecule has 1 aliphatic heterocycles. The van der Waals surface area contributed by atoms with Crippen LogP contribution in [0.1, 0.15) is 34.3 Å². The number of carbonyl (C=O) groups excluding carboxylic acids is 2. The van der Waals surface area contributed by atoms with Crippen LogP contribution in [0.3, 0.4) is 0 Å². The fraction of sp³-hybridized carbons (Fsp3) is 0.333. The van der Waals surface area contributed by atoms with Gasteiger partial charge >= 0.3 is 0 Å². The molecule has 7 nitrogen and oxygen atoms in total.